The molecule has 134 valence electrons. The first-order chi connectivity index (χ1) is 12.0. The van der Waals surface area contributed by atoms with Crippen LogP contribution in [0.2, 0.25) is 0 Å². The van der Waals surface area contributed by atoms with E-state index in [9.17, 15) is 4.79 Å². The van der Waals surface area contributed by atoms with Gasteiger partial charge in [0.1, 0.15) is 5.82 Å². The van der Waals surface area contributed by atoms with Gasteiger partial charge in [0.2, 0.25) is 5.91 Å². The first kappa shape index (κ1) is 17.5. The van der Waals surface area contributed by atoms with E-state index in [0.717, 1.165) is 36.7 Å². The third kappa shape index (κ3) is 3.71. The molecule has 7 nitrogen and oxygen atoms in total. The number of aromatic nitrogens is 4. The van der Waals surface area contributed by atoms with Gasteiger partial charge < -0.3 is 9.80 Å². The van der Waals surface area contributed by atoms with E-state index in [0.29, 0.717) is 12.5 Å². The van der Waals surface area contributed by atoms with E-state index in [2.05, 4.69) is 23.8 Å². The van der Waals surface area contributed by atoms with E-state index < -0.39 is 0 Å². The van der Waals surface area contributed by atoms with Crippen LogP contribution in [0.4, 0.5) is 0 Å². The Morgan fingerprint density at radius 1 is 1.36 bits per heavy atom. The van der Waals surface area contributed by atoms with Gasteiger partial charge in [-0.3, -0.25) is 14.3 Å². The minimum absolute atomic E-state index is 0.00548. The molecule has 7 heteroatoms. The Kier molecular flexibility index (Phi) is 5.13. The maximum atomic E-state index is 12.5. The predicted molar refractivity (Wildman–Crippen MR) is 95.5 cm³/mol. The average molecular weight is 342 g/mol. The molecule has 0 radical (unpaired) electrons. The van der Waals surface area contributed by atoms with Crippen molar-refractivity contribution in [1.29, 1.82) is 0 Å². The van der Waals surface area contributed by atoms with Crippen molar-refractivity contribution in [2.45, 2.75) is 38.6 Å². The number of hydrogen-bond acceptors (Lipinski definition) is 5. The summed E-state index contributed by atoms with van der Waals surface area (Å²) in [5.74, 6) is 2.15. The van der Waals surface area contributed by atoms with Crippen LogP contribution in [0.5, 0.6) is 0 Å². The molecule has 25 heavy (non-hydrogen) atoms. The molecule has 3 heterocycles. The van der Waals surface area contributed by atoms with E-state index >= 15 is 0 Å². The van der Waals surface area contributed by atoms with Crippen LogP contribution in [0, 0.1) is 0 Å². The van der Waals surface area contributed by atoms with Gasteiger partial charge in [-0.2, -0.15) is 0 Å². The highest BCUT2D eigenvalue weighted by molar-refractivity contribution is 5.79. The molecule has 0 aromatic carbocycles. The summed E-state index contributed by atoms with van der Waals surface area (Å²) in [5.41, 5.74) is 0.852. The molecular weight excluding hydrogens is 316 g/mol. The lowest BCUT2D eigenvalue weighted by Gasteiger charge is -2.25. The van der Waals surface area contributed by atoms with Gasteiger partial charge in [-0.15, -0.1) is 0 Å². The SMILES string of the molecule is CC(C)c1nccn1-c1cncc(C2CCCN2C(=O)CN(C)C)n1. The summed E-state index contributed by atoms with van der Waals surface area (Å²) in [4.78, 5) is 30.0. The van der Waals surface area contributed by atoms with Crippen LogP contribution >= 0.6 is 0 Å². The molecule has 1 atom stereocenters. The van der Waals surface area contributed by atoms with Gasteiger partial charge in [0.25, 0.3) is 0 Å². The number of carbonyl (C=O) groups is 1. The number of carbonyl (C=O) groups excluding carboxylic acids is 1. The monoisotopic (exact) mass is 342 g/mol. The van der Waals surface area contributed by atoms with E-state index in [-0.39, 0.29) is 11.9 Å². The molecular formula is C18H26N6O. The van der Waals surface area contributed by atoms with Gasteiger partial charge in [0, 0.05) is 24.9 Å². The van der Waals surface area contributed by atoms with E-state index in [1.54, 1.807) is 18.6 Å². The topological polar surface area (TPSA) is 67.2 Å². The molecule has 1 fully saturated rings. The lowest BCUT2D eigenvalue weighted by Crippen LogP contribution is -2.37. The summed E-state index contributed by atoms with van der Waals surface area (Å²) in [7, 11) is 3.83. The highest BCUT2D eigenvalue weighted by Gasteiger charge is 2.31. The lowest BCUT2D eigenvalue weighted by molar-refractivity contribution is -0.132. The second kappa shape index (κ2) is 7.31. The van der Waals surface area contributed by atoms with E-state index in [1.807, 2.05) is 34.7 Å². The zero-order valence-corrected chi connectivity index (χ0v) is 15.4. The van der Waals surface area contributed by atoms with Gasteiger partial charge in [0.05, 0.1) is 30.7 Å². The van der Waals surface area contributed by atoms with Crippen LogP contribution in [-0.4, -0.2) is 62.4 Å². The quantitative estimate of drug-likeness (QED) is 0.831. The van der Waals surface area contributed by atoms with Crippen molar-refractivity contribution in [2.75, 3.05) is 27.2 Å². The van der Waals surface area contributed by atoms with Gasteiger partial charge >= 0.3 is 0 Å². The first-order valence-electron chi connectivity index (χ1n) is 8.77. The zero-order valence-electron chi connectivity index (χ0n) is 15.4. The molecule has 0 N–H and O–H groups in total. The summed E-state index contributed by atoms with van der Waals surface area (Å²) < 4.78 is 1.97. The molecule has 1 unspecified atom stereocenters. The van der Waals surface area contributed by atoms with Crippen LogP contribution in [0.15, 0.2) is 24.8 Å². The Morgan fingerprint density at radius 2 is 2.16 bits per heavy atom. The fraction of sp³-hybridized carbons (Fsp3) is 0.556. The molecule has 0 aliphatic carbocycles. The summed E-state index contributed by atoms with van der Waals surface area (Å²) in [5, 5.41) is 0. The van der Waals surface area contributed by atoms with Crippen LogP contribution in [0.3, 0.4) is 0 Å². The number of likely N-dealkylation sites (tertiary alicyclic amines) is 1. The van der Waals surface area contributed by atoms with Crippen molar-refractivity contribution in [3.8, 4) is 5.82 Å². The maximum Gasteiger partial charge on any atom is 0.237 e. The van der Waals surface area contributed by atoms with Crippen LogP contribution in [0.1, 0.15) is 50.2 Å². The normalized spacial score (nSPS) is 17.7. The molecule has 2 aromatic heterocycles. The largest absolute Gasteiger partial charge is 0.333 e. The molecule has 3 rings (SSSR count). The van der Waals surface area contributed by atoms with Gasteiger partial charge in [-0.25, -0.2) is 9.97 Å². The summed E-state index contributed by atoms with van der Waals surface area (Å²) in [6, 6.07) is 0.00548. The van der Waals surface area contributed by atoms with Crippen molar-refractivity contribution in [2.24, 2.45) is 0 Å². The molecule has 1 saturated heterocycles. The number of nitrogens with zero attached hydrogens (tertiary/aromatic N) is 6. The zero-order chi connectivity index (χ0) is 18.0. The Balaban J connectivity index is 1.88. The van der Waals surface area contributed by atoms with Crippen molar-refractivity contribution in [3.05, 3.63) is 36.3 Å². The molecule has 1 aliphatic heterocycles. The number of hydrogen-bond donors (Lipinski definition) is 0. The number of amides is 1. The van der Waals surface area contributed by atoms with Crippen LogP contribution < -0.4 is 0 Å². The summed E-state index contributed by atoms with van der Waals surface area (Å²) in [6.07, 6.45) is 9.15. The highest BCUT2D eigenvalue weighted by Crippen LogP contribution is 2.31. The third-order valence-electron chi connectivity index (χ3n) is 4.44. The number of rotatable bonds is 5. The van der Waals surface area contributed by atoms with Crippen molar-refractivity contribution in [3.63, 3.8) is 0 Å². The minimum Gasteiger partial charge on any atom is -0.333 e. The molecule has 2 aromatic rings. The van der Waals surface area contributed by atoms with Gasteiger partial charge in [0.15, 0.2) is 5.82 Å². The maximum absolute atomic E-state index is 12.5. The Bertz CT molecular complexity index is 739. The second-order valence-corrected chi connectivity index (χ2v) is 7.10. The smallest absolute Gasteiger partial charge is 0.237 e. The van der Waals surface area contributed by atoms with Crippen molar-refractivity contribution in [1.82, 2.24) is 29.3 Å². The summed E-state index contributed by atoms with van der Waals surface area (Å²) >= 11 is 0. The summed E-state index contributed by atoms with van der Waals surface area (Å²) in [6.45, 7) is 5.41. The standard InChI is InChI=1S/C18H26N6O/c1-13(2)18-20-7-9-24(18)16-11-19-10-14(21-16)15-6-5-8-23(15)17(25)12-22(3)4/h7,9-11,13,15H,5-6,8,12H2,1-4H3. The van der Waals surface area contributed by atoms with Crippen LogP contribution in [-0.2, 0) is 4.79 Å². The molecule has 0 bridgehead atoms. The fourth-order valence-corrected chi connectivity index (χ4v) is 3.32. The van der Waals surface area contributed by atoms with Crippen LogP contribution in [0.25, 0.3) is 5.82 Å². The molecule has 0 spiro atoms. The molecule has 1 amide bonds. The highest BCUT2D eigenvalue weighted by atomic mass is 16.2. The lowest BCUT2D eigenvalue weighted by atomic mass is 10.1. The molecule has 0 saturated carbocycles. The van der Waals surface area contributed by atoms with E-state index in [1.165, 1.54) is 0 Å². The first-order valence-corrected chi connectivity index (χ1v) is 8.77. The third-order valence-corrected chi connectivity index (χ3v) is 4.44. The van der Waals surface area contributed by atoms with Gasteiger partial charge in [-0.1, -0.05) is 13.8 Å². The molecule has 1 aliphatic rings. The van der Waals surface area contributed by atoms with E-state index in [4.69, 9.17) is 4.98 Å². The average Bonchev–Trinajstić information content (AvgIpc) is 3.23. The number of imidazole rings is 1. The predicted octanol–water partition coefficient (Wildman–Crippen LogP) is 2.01. The Morgan fingerprint density at radius 3 is 2.88 bits per heavy atom. The minimum atomic E-state index is 0.00548. The van der Waals surface area contributed by atoms with Gasteiger partial charge in [-0.05, 0) is 26.9 Å². The Hall–Kier alpha value is -2.28. The Labute approximate surface area is 148 Å². The van der Waals surface area contributed by atoms with Crippen molar-refractivity contribution >= 4 is 5.91 Å². The number of likely N-dealkylation sites (N-methyl/N-ethyl adjacent to an activating group) is 1. The fourth-order valence-electron chi connectivity index (χ4n) is 3.32. The van der Waals surface area contributed by atoms with Crippen molar-refractivity contribution < 1.29 is 4.79 Å². The second-order valence-electron chi connectivity index (χ2n) is 7.10.